The van der Waals surface area contributed by atoms with E-state index in [2.05, 4.69) is 27.5 Å². The zero-order chi connectivity index (χ0) is 18.2. The summed E-state index contributed by atoms with van der Waals surface area (Å²) in [5.74, 6) is 0.113. The van der Waals surface area contributed by atoms with Gasteiger partial charge in [0.15, 0.2) is 0 Å². The molecule has 144 valence electrons. The number of carbonyl (C=O) groups excluding carboxylic acids is 2. The quantitative estimate of drug-likeness (QED) is 0.723. The normalized spacial score (nSPS) is 21.9. The summed E-state index contributed by atoms with van der Waals surface area (Å²) in [5.41, 5.74) is 0. The average Bonchev–Trinajstić information content (AvgIpc) is 2.60. The molecule has 1 heterocycles. The first-order chi connectivity index (χ1) is 12.0. The zero-order valence-corrected chi connectivity index (χ0v) is 16.2. The Hall–Kier alpha value is -1.14. The molecule has 0 unspecified atom stereocenters. The first-order valence-corrected chi connectivity index (χ1v) is 9.97. The van der Waals surface area contributed by atoms with Crippen LogP contribution in [0.15, 0.2) is 0 Å². The highest BCUT2D eigenvalue weighted by atomic mass is 16.2. The highest BCUT2D eigenvalue weighted by Crippen LogP contribution is 2.23. The number of amides is 2. The SMILES string of the molecule is CC(C)NC(=O)[C@H](CCN1CCN(C)CC1)NC(=O)C1CCCCC1. The van der Waals surface area contributed by atoms with Gasteiger partial charge < -0.3 is 20.4 Å². The smallest absolute Gasteiger partial charge is 0.242 e. The van der Waals surface area contributed by atoms with Crippen molar-refractivity contribution in [3.63, 3.8) is 0 Å². The number of hydrogen-bond acceptors (Lipinski definition) is 4. The van der Waals surface area contributed by atoms with E-state index in [1.807, 2.05) is 13.8 Å². The molecule has 2 N–H and O–H groups in total. The number of hydrogen-bond donors (Lipinski definition) is 2. The summed E-state index contributed by atoms with van der Waals surface area (Å²) in [6.45, 7) is 8.97. The van der Waals surface area contributed by atoms with Crippen molar-refractivity contribution in [3.8, 4) is 0 Å². The van der Waals surface area contributed by atoms with E-state index in [1.165, 1.54) is 6.42 Å². The minimum Gasteiger partial charge on any atom is -0.352 e. The molecule has 0 spiro atoms. The molecule has 2 fully saturated rings. The van der Waals surface area contributed by atoms with Gasteiger partial charge in [-0.2, -0.15) is 0 Å². The fourth-order valence-electron chi connectivity index (χ4n) is 3.69. The van der Waals surface area contributed by atoms with Crippen LogP contribution >= 0.6 is 0 Å². The molecule has 1 atom stereocenters. The van der Waals surface area contributed by atoms with Crippen LogP contribution in [0.2, 0.25) is 0 Å². The van der Waals surface area contributed by atoms with Gasteiger partial charge in [-0.3, -0.25) is 9.59 Å². The summed E-state index contributed by atoms with van der Waals surface area (Å²) < 4.78 is 0. The molecule has 0 bridgehead atoms. The number of piperazine rings is 1. The van der Waals surface area contributed by atoms with Gasteiger partial charge in [0, 0.05) is 44.7 Å². The molecule has 2 amide bonds. The van der Waals surface area contributed by atoms with Crippen molar-refractivity contribution in [2.45, 2.75) is 64.5 Å². The molecule has 1 aliphatic carbocycles. The van der Waals surface area contributed by atoms with E-state index in [1.54, 1.807) is 0 Å². The first-order valence-electron chi connectivity index (χ1n) is 9.97. The minimum absolute atomic E-state index is 0.0479. The van der Waals surface area contributed by atoms with E-state index in [0.717, 1.165) is 58.4 Å². The van der Waals surface area contributed by atoms with Crippen LogP contribution in [0.5, 0.6) is 0 Å². The highest BCUT2D eigenvalue weighted by molar-refractivity contribution is 5.88. The first kappa shape index (κ1) is 20.2. The van der Waals surface area contributed by atoms with Gasteiger partial charge in [0.1, 0.15) is 6.04 Å². The van der Waals surface area contributed by atoms with Crippen molar-refractivity contribution < 1.29 is 9.59 Å². The molecule has 1 saturated heterocycles. The lowest BCUT2D eigenvalue weighted by Crippen LogP contribution is -2.52. The Morgan fingerprint density at radius 3 is 2.24 bits per heavy atom. The van der Waals surface area contributed by atoms with Crippen LogP contribution < -0.4 is 10.6 Å². The van der Waals surface area contributed by atoms with Crippen molar-refractivity contribution in [2.75, 3.05) is 39.8 Å². The third-order valence-corrected chi connectivity index (χ3v) is 5.37. The van der Waals surface area contributed by atoms with Crippen LogP contribution in [0.1, 0.15) is 52.4 Å². The van der Waals surface area contributed by atoms with Crippen LogP contribution in [0.3, 0.4) is 0 Å². The van der Waals surface area contributed by atoms with Crippen molar-refractivity contribution in [3.05, 3.63) is 0 Å². The van der Waals surface area contributed by atoms with Crippen molar-refractivity contribution in [1.29, 1.82) is 0 Å². The predicted octanol–water partition coefficient (Wildman–Crippen LogP) is 1.21. The fraction of sp³-hybridized carbons (Fsp3) is 0.895. The fourth-order valence-corrected chi connectivity index (χ4v) is 3.69. The summed E-state index contributed by atoms with van der Waals surface area (Å²) in [6.07, 6.45) is 6.08. The van der Waals surface area contributed by atoms with Crippen LogP contribution in [0.25, 0.3) is 0 Å². The third kappa shape index (κ3) is 6.94. The molecule has 0 aromatic carbocycles. The molecule has 0 aromatic rings. The maximum absolute atomic E-state index is 12.6. The van der Waals surface area contributed by atoms with Gasteiger partial charge in [0.05, 0.1) is 0 Å². The van der Waals surface area contributed by atoms with E-state index in [4.69, 9.17) is 0 Å². The second-order valence-corrected chi connectivity index (χ2v) is 7.99. The number of rotatable bonds is 7. The maximum atomic E-state index is 12.6. The Morgan fingerprint density at radius 1 is 1.00 bits per heavy atom. The van der Waals surface area contributed by atoms with Crippen LogP contribution in [-0.4, -0.2) is 73.5 Å². The number of nitrogens with one attached hydrogen (secondary N) is 2. The molecule has 1 aliphatic heterocycles. The van der Waals surface area contributed by atoms with Crippen LogP contribution in [0, 0.1) is 5.92 Å². The predicted molar refractivity (Wildman–Crippen MR) is 100 cm³/mol. The number of nitrogens with zero attached hydrogens (tertiary/aromatic N) is 2. The Bertz CT molecular complexity index is 427. The summed E-state index contributed by atoms with van der Waals surface area (Å²) >= 11 is 0. The standard InChI is InChI=1S/C19H36N4O2/c1-15(2)20-19(25)17(9-10-23-13-11-22(3)12-14-23)21-18(24)16-7-5-4-6-8-16/h15-17H,4-14H2,1-3H3,(H,20,25)(H,21,24)/t17-/m0/s1. The monoisotopic (exact) mass is 352 g/mol. The largest absolute Gasteiger partial charge is 0.352 e. The van der Waals surface area contributed by atoms with Crippen molar-refractivity contribution in [1.82, 2.24) is 20.4 Å². The van der Waals surface area contributed by atoms with Gasteiger partial charge in [-0.15, -0.1) is 0 Å². The van der Waals surface area contributed by atoms with Gasteiger partial charge in [-0.25, -0.2) is 0 Å². The Morgan fingerprint density at radius 2 is 1.64 bits per heavy atom. The van der Waals surface area contributed by atoms with Crippen molar-refractivity contribution in [2.24, 2.45) is 5.92 Å². The summed E-state index contributed by atoms with van der Waals surface area (Å²) in [5, 5.41) is 6.02. The maximum Gasteiger partial charge on any atom is 0.242 e. The van der Waals surface area contributed by atoms with Crippen LogP contribution in [-0.2, 0) is 9.59 Å². The number of likely N-dealkylation sites (N-methyl/N-ethyl adjacent to an activating group) is 1. The molecule has 6 nitrogen and oxygen atoms in total. The number of carbonyl (C=O) groups is 2. The van der Waals surface area contributed by atoms with Gasteiger partial charge in [-0.05, 0) is 40.2 Å². The summed E-state index contributed by atoms with van der Waals surface area (Å²) in [6, 6.07) is -0.332. The minimum atomic E-state index is -0.420. The average molecular weight is 353 g/mol. The van der Waals surface area contributed by atoms with Gasteiger partial charge >= 0.3 is 0 Å². The second kappa shape index (κ2) is 10.1. The molecule has 25 heavy (non-hydrogen) atoms. The Labute approximate surface area is 152 Å². The van der Waals surface area contributed by atoms with E-state index < -0.39 is 6.04 Å². The molecule has 0 radical (unpaired) electrons. The van der Waals surface area contributed by atoms with E-state index in [0.29, 0.717) is 6.42 Å². The summed E-state index contributed by atoms with van der Waals surface area (Å²) in [4.78, 5) is 29.8. The molecule has 2 rings (SSSR count). The summed E-state index contributed by atoms with van der Waals surface area (Å²) in [7, 11) is 2.14. The van der Waals surface area contributed by atoms with Crippen LogP contribution in [0.4, 0.5) is 0 Å². The Kier molecular flexibility index (Phi) is 8.16. The van der Waals surface area contributed by atoms with E-state index in [9.17, 15) is 9.59 Å². The lowest BCUT2D eigenvalue weighted by molar-refractivity contribution is -0.132. The van der Waals surface area contributed by atoms with Gasteiger partial charge in [0.25, 0.3) is 0 Å². The van der Waals surface area contributed by atoms with E-state index in [-0.39, 0.29) is 23.8 Å². The topological polar surface area (TPSA) is 64.7 Å². The molecule has 6 heteroatoms. The molecular formula is C19H36N4O2. The zero-order valence-electron chi connectivity index (χ0n) is 16.2. The van der Waals surface area contributed by atoms with E-state index >= 15 is 0 Å². The van der Waals surface area contributed by atoms with Gasteiger partial charge in [0.2, 0.25) is 11.8 Å². The highest BCUT2D eigenvalue weighted by Gasteiger charge is 2.27. The third-order valence-electron chi connectivity index (χ3n) is 5.37. The lowest BCUT2D eigenvalue weighted by atomic mass is 9.88. The molecule has 2 aliphatic rings. The Balaban J connectivity index is 1.87. The molecular weight excluding hydrogens is 316 g/mol. The molecule has 1 saturated carbocycles. The lowest BCUT2D eigenvalue weighted by Gasteiger charge is -2.33. The van der Waals surface area contributed by atoms with Crippen molar-refractivity contribution >= 4 is 11.8 Å². The molecule has 0 aromatic heterocycles. The second-order valence-electron chi connectivity index (χ2n) is 7.99. The van der Waals surface area contributed by atoms with Gasteiger partial charge in [-0.1, -0.05) is 19.3 Å².